The molecule has 0 radical (unpaired) electrons. The molecule has 0 unspecified atom stereocenters. The van der Waals surface area contributed by atoms with Gasteiger partial charge in [0.05, 0.1) is 5.92 Å². The number of hydrogen-bond donors (Lipinski definition) is 2. The van der Waals surface area contributed by atoms with Gasteiger partial charge in [0.25, 0.3) is 0 Å². The first-order valence-electron chi connectivity index (χ1n) is 3.68. The lowest BCUT2D eigenvalue weighted by Crippen LogP contribution is -2.31. The Labute approximate surface area is 72.4 Å². The minimum Gasteiger partial charge on any atom is -0.481 e. The van der Waals surface area contributed by atoms with Crippen LogP contribution in [0.5, 0.6) is 0 Å². The largest absolute Gasteiger partial charge is 0.481 e. The van der Waals surface area contributed by atoms with Crippen molar-refractivity contribution in [2.75, 3.05) is 0 Å². The zero-order chi connectivity index (χ0) is 7.56. The third-order valence-electron chi connectivity index (χ3n) is 2.06. The predicted molar refractivity (Wildman–Crippen MR) is 44.8 cm³/mol. The Bertz CT molecular complexity index is 140. The Morgan fingerprint density at radius 1 is 1.45 bits per heavy atom. The minimum absolute atomic E-state index is 0. The molecule has 1 saturated carbocycles. The Hall–Kier alpha value is -0.280. The number of carbonyl (C=O) groups is 1. The van der Waals surface area contributed by atoms with Crippen LogP contribution in [-0.2, 0) is 4.79 Å². The van der Waals surface area contributed by atoms with Gasteiger partial charge in [-0.2, -0.15) is 0 Å². The monoisotopic (exact) mass is 179 g/mol. The number of carboxylic acid groups (broad SMARTS) is 1. The maximum atomic E-state index is 10.4. The second-order valence-corrected chi connectivity index (χ2v) is 2.96. The molecule has 1 fully saturated rings. The van der Waals surface area contributed by atoms with E-state index in [2.05, 4.69) is 0 Å². The summed E-state index contributed by atoms with van der Waals surface area (Å²) in [5.74, 6) is -0.862. The molecule has 0 saturated heterocycles. The van der Waals surface area contributed by atoms with Crippen LogP contribution in [-0.4, -0.2) is 17.1 Å². The maximum absolute atomic E-state index is 10.4. The molecule has 3 nitrogen and oxygen atoms in total. The van der Waals surface area contributed by atoms with E-state index in [-0.39, 0.29) is 24.4 Å². The van der Waals surface area contributed by atoms with Gasteiger partial charge in [-0.15, -0.1) is 12.4 Å². The summed E-state index contributed by atoms with van der Waals surface area (Å²) in [5.41, 5.74) is 5.60. The number of hydrogen-bond acceptors (Lipinski definition) is 2. The van der Waals surface area contributed by atoms with Gasteiger partial charge in [0.15, 0.2) is 0 Å². The molecule has 0 heterocycles. The van der Waals surface area contributed by atoms with E-state index in [1.54, 1.807) is 0 Å². The zero-order valence-corrected chi connectivity index (χ0v) is 7.14. The average Bonchev–Trinajstić information content (AvgIpc) is 1.88. The van der Waals surface area contributed by atoms with Crippen molar-refractivity contribution in [3.8, 4) is 0 Å². The SMILES string of the molecule is Cl.N[C@@H]1CCC[C@H](C(=O)O)C1. The smallest absolute Gasteiger partial charge is 0.306 e. The molecule has 66 valence electrons. The maximum Gasteiger partial charge on any atom is 0.306 e. The number of rotatable bonds is 1. The Morgan fingerprint density at radius 3 is 2.45 bits per heavy atom. The summed E-state index contributed by atoms with van der Waals surface area (Å²) in [6.45, 7) is 0. The highest BCUT2D eigenvalue weighted by atomic mass is 35.5. The molecular formula is C7H14ClNO2. The van der Waals surface area contributed by atoms with Crippen LogP contribution in [0.2, 0.25) is 0 Å². The standard InChI is InChI=1S/C7H13NO2.ClH/c8-6-3-1-2-5(4-6)7(9)10;/h5-6H,1-4,8H2,(H,9,10);1H/t5-,6+;/m0./s1. The van der Waals surface area contributed by atoms with Gasteiger partial charge in [0, 0.05) is 6.04 Å². The quantitative estimate of drug-likeness (QED) is 0.632. The fourth-order valence-corrected chi connectivity index (χ4v) is 1.45. The number of nitrogens with two attached hydrogens (primary N) is 1. The van der Waals surface area contributed by atoms with Crippen molar-refractivity contribution in [3.63, 3.8) is 0 Å². The molecule has 4 heteroatoms. The van der Waals surface area contributed by atoms with E-state index in [1.165, 1.54) is 0 Å². The summed E-state index contributed by atoms with van der Waals surface area (Å²) < 4.78 is 0. The number of aliphatic carboxylic acids is 1. The van der Waals surface area contributed by atoms with Gasteiger partial charge in [-0.05, 0) is 19.3 Å². The van der Waals surface area contributed by atoms with Gasteiger partial charge in [-0.3, -0.25) is 4.79 Å². The molecule has 11 heavy (non-hydrogen) atoms. The van der Waals surface area contributed by atoms with Crippen LogP contribution in [0.25, 0.3) is 0 Å². The predicted octanol–water partition coefficient (Wildman–Crippen LogP) is 1.01. The molecular weight excluding hydrogens is 166 g/mol. The van der Waals surface area contributed by atoms with E-state index < -0.39 is 5.97 Å². The lowest BCUT2D eigenvalue weighted by molar-refractivity contribution is -0.142. The molecule has 0 aromatic rings. The van der Waals surface area contributed by atoms with E-state index >= 15 is 0 Å². The molecule has 0 aliphatic heterocycles. The second-order valence-electron chi connectivity index (χ2n) is 2.96. The highest BCUT2D eigenvalue weighted by molar-refractivity contribution is 5.85. The van der Waals surface area contributed by atoms with Crippen molar-refractivity contribution in [1.29, 1.82) is 0 Å². The first-order chi connectivity index (χ1) is 4.70. The summed E-state index contributed by atoms with van der Waals surface area (Å²) in [4.78, 5) is 10.4. The Morgan fingerprint density at radius 2 is 2.09 bits per heavy atom. The second kappa shape index (κ2) is 4.57. The molecule has 0 spiro atoms. The van der Waals surface area contributed by atoms with Gasteiger partial charge in [-0.1, -0.05) is 6.42 Å². The van der Waals surface area contributed by atoms with Crippen molar-refractivity contribution < 1.29 is 9.90 Å². The van der Waals surface area contributed by atoms with Crippen molar-refractivity contribution in [2.24, 2.45) is 11.7 Å². The summed E-state index contributed by atoms with van der Waals surface area (Å²) in [6.07, 6.45) is 3.43. The summed E-state index contributed by atoms with van der Waals surface area (Å²) in [7, 11) is 0. The molecule has 3 N–H and O–H groups in total. The van der Waals surface area contributed by atoms with E-state index in [1.807, 2.05) is 0 Å². The van der Waals surface area contributed by atoms with Crippen molar-refractivity contribution in [2.45, 2.75) is 31.7 Å². The first-order valence-corrected chi connectivity index (χ1v) is 3.68. The lowest BCUT2D eigenvalue weighted by atomic mass is 9.86. The highest BCUT2D eigenvalue weighted by Crippen LogP contribution is 2.22. The molecule has 1 aliphatic rings. The summed E-state index contributed by atoms with van der Waals surface area (Å²) >= 11 is 0. The first kappa shape index (κ1) is 10.7. The topological polar surface area (TPSA) is 63.3 Å². The van der Waals surface area contributed by atoms with Crippen LogP contribution in [0.4, 0.5) is 0 Å². The van der Waals surface area contributed by atoms with Crippen LogP contribution in [0.3, 0.4) is 0 Å². The average molecular weight is 180 g/mol. The fraction of sp³-hybridized carbons (Fsp3) is 0.857. The number of carboxylic acids is 1. The molecule has 0 bridgehead atoms. The summed E-state index contributed by atoms with van der Waals surface area (Å²) in [5, 5.41) is 8.60. The van der Waals surface area contributed by atoms with Crippen LogP contribution < -0.4 is 5.73 Å². The molecule has 0 aromatic heterocycles. The molecule has 2 atom stereocenters. The van der Waals surface area contributed by atoms with Crippen LogP contribution >= 0.6 is 12.4 Å². The van der Waals surface area contributed by atoms with Gasteiger partial charge in [-0.25, -0.2) is 0 Å². The normalized spacial score (nSPS) is 30.6. The Balaban J connectivity index is 0.000001000. The highest BCUT2D eigenvalue weighted by Gasteiger charge is 2.24. The van der Waals surface area contributed by atoms with Crippen molar-refractivity contribution in [1.82, 2.24) is 0 Å². The third kappa shape index (κ3) is 3.08. The Kier molecular flexibility index (Phi) is 4.45. The fourth-order valence-electron chi connectivity index (χ4n) is 1.45. The molecule has 1 rings (SSSR count). The van der Waals surface area contributed by atoms with Crippen molar-refractivity contribution >= 4 is 18.4 Å². The number of halogens is 1. The minimum atomic E-state index is -0.685. The lowest BCUT2D eigenvalue weighted by Gasteiger charge is -2.22. The van der Waals surface area contributed by atoms with Crippen LogP contribution in [0, 0.1) is 5.92 Å². The molecule has 1 aliphatic carbocycles. The third-order valence-corrected chi connectivity index (χ3v) is 2.06. The van der Waals surface area contributed by atoms with Crippen LogP contribution in [0.15, 0.2) is 0 Å². The van der Waals surface area contributed by atoms with E-state index in [4.69, 9.17) is 10.8 Å². The van der Waals surface area contributed by atoms with Gasteiger partial charge in [0.1, 0.15) is 0 Å². The van der Waals surface area contributed by atoms with E-state index in [0.717, 1.165) is 19.3 Å². The van der Waals surface area contributed by atoms with Crippen LogP contribution in [0.1, 0.15) is 25.7 Å². The zero-order valence-electron chi connectivity index (χ0n) is 6.32. The van der Waals surface area contributed by atoms with Gasteiger partial charge < -0.3 is 10.8 Å². The van der Waals surface area contributed by atoms with E-state index in [0.29, 0.717) is 6.42 Å². The van der Waals surface area contributed by atoms with E-state index in [9.17, 15) is 4.79 Å². The van der Waals surface area contributed by atoms with Gasteiger partial charge in [0.2, 0.25) is 0 Å². The van der Waals surface area contributed by atoms with Gasteiger partial charge >= 0.3 is 5.97 Å². The molecule has 0 aromatic carbocycles. The summed E-state index contributed by atoms with van der Waals surface area (Å²) in [6, 6.07) is 0.120. The molecule has 0 amide bonds. The van der Waals surface area contributed by atoms with Crippen molar-refractivity contribution in [3.05, 3.63) is 0 Å².